The van der Waals surface area contributed by atoms with Crippen LogP contribution in [0.15, 0.2) is 30.3 Å². The van der Waals surface area contributed by atoms with Crippen LogP contribution in [0.1, 0.15) is 24.2 Å². The molecule has 5 heteroatoms. The van der Waals surface area contributed by atoms with Crippen molar-refractivity contribution in [1.29, 1.82) is 0 Å². The molecule has 3 rings (SSSR count). The van der Waals surface area contributed by atoms with E-state index in [-0.39, 0.29) is 11.9 Å². The molecule has 1 aliphatic rings. The Morgan fingerprint density at radius 3 is 2.73 bits per heavy atom. The second-order valence-electron chi connectivity index (χ2n) is 5.77. The summed E-state index contributed by atoms with van der Waals surface area (Å²) in [6.45, 7) is 6.92. The highest BCUT2D eigenvalue weighted by Crippen LogP contribution is 2.23. The molecule has 1 aromatic carbocycles. The van der Waals surface area contributed by atoms with E-state index in [2.05, 4.69) is 10.2 Å². The van der Waals surface area contributed by atoms with Gasteiger partial charge in [-0.3, -0.25) is 4.79 Å². The summed E-state index contributed by atoms with van der Waals surface area (Å²) in [4.78, 5) is 19.4. The van der Waals surface area contributed by atoms with E-state index in [1.165, 1.54) is 0 Å². The molecule has 0 bridgehead atoms. The number of benzene rings is 1. The van der Waals surface area contributed by atoms with Crippen molar-refractivity contribution in [2.45, 2.75) is 19.9 Å². The lowest BCUT2D eigenvalue weighted by atomic mass is 10.1. The quantitative estimate of drug-likeness (QED) is 0.944. The summed E-state index contributed by atoms with van der Waals surface area (Å²) in [5.74, 6) is 0.791. The number of carbonyl (C=O) groups excluding carboxylic acids is 1. The number of hydrogen-bond acceptors (Lipinski definition) is 4. The first-order chi connectivity index (χ1) is 10.6. The molecule has 0 spiro atoms. The Hall–Kier alpha value is -2.14. The first kappa shape index (κ1) is 14.8. The number of ether oxygens (including phenoxy) is 1. The fourth-order valence-electron chi connectivity index (χ4n) is 2.64. The molecule has 22 heavy (non-hydrogen) atoms. The Kier molecular flexibility index (Phi) is 4.24. The van der Waals surface area contributed by atoms with Crippen LogP contribution < -0.4 is 10.2 Å². The highest BCUT2D eigenvalue weighted by atomic mass is 16.5. The van der Waals surface area contributed by atoms with E-state index in [0.717, 1.165) is 29.8 Å². The van der Waals surface area contributed by atoms with Crippen LogP contribution in [0.4, 0.5) is 5.82 Å². The van der Waals surface area contributed by atoms with Crippen LogP contribution in [0.2, 0.25) is 0 Å². The molecule has 1 aliphatic heterocycles. The van der Waals surface area contributed by atoms with E-state index >= 15 is 0 Å². The van der Waals surface area contributed by atoms with Crippen LogP contribution in [-0.2, 0) is 4.74 Å². The topological polar surface area (TPSA) is 54.5 Å². The zero-order chi connectivity index (χ0) is 15.5. The molecule has 1 fully saturated rings. The maximum atomic E-state index is 12.5. The second-order valence-corrected chi connectivity index (χ2v) is 5.77. The molecule has 1 saturated heterocycles. The predicted molar refractivity (Wildman–Crippen MR) is 87.4 cm³/mol. The van der Waals surface area contributed by atoms with Crippen molar-refractivity contribution >= 4 is 22.6 Å². The number of amides is 1. The average molecular weight is 299 g/mol. The number of para-hydroxylation sites is 1. The molecular weight excluding hydrogens is 278 g/mol. The van der Waals surface area contributed by atoms with Gasteiger partial charge >= 0.3 is 0 Å². The van der Waals surface area contributed by atoms with E-state index in [9.17, 15) is 4.79 Å². The van der Waals surface area contributed by atoms with Gasteiger partial charge in [0.25, 0.3) is 5.91 Å². The summed E-state index contributed by atoms with van der Waals surface area (Å²) in [6, 6.07) is 9.77. The summed E-state index contributed by atoms with van der Waals surface area (Å²) in [7, 11) is 0. The molecule has 0 unspecified atom stereocenters. The van der Waals surface area contributed by atoms with Crippen molar-refractivity contribution in [2.75, 3.05) is 31.2 Å². The van der Waals surface area contributed by atoms with Crippen LogP contribution >= 0.6 is 0 Å². The molecular formula is C17H21N3O2. The van der Waals surface area contributed by atoms with Gasteiger partial charge in [0.1, 0.15) is 5.82 Å². The average Bonchev–Trinajstić information content (AvgIpc) is 2.54. The van der Waals surface area contributed by atoms with Gasteiger partial charge in [-0.2, -0.15) is 0 Å². The number of anilines is 1. The van der Waals surface area contributed by atoms with Crippen LogP contribution in [0.5, 0.6) is 0 Å². The number of nitrogens with one attached hydrogen (secondary N) is 1. The fraction of sp³-hybridized carbons (Fsp3) is 0.412. The highest BCUT2D eigenvalue weighted by molar-refractivity contribution is 6.07. The summed E-state index contributed by atoms with van der Waals surface area (Å²) in [5.41, 5.74) is 1.53. The molecule has 116 valence electrons. The molecule has 2 heterocycles. The van der Waals surface area contributed by atoms with Crippen LogP contribution in [0.3, 0.4) is 0 Å². The van der Waals surface area contributed by atoms with Crippen LogP contribution in [0, 0.1) is 0 Å². The number of nitrogens with zero attached hydrogens (tertiary/aromatic N) is 2. The van der Waals surface area contributed by atoms with Gasteiger partial charge in [0.05, 0.1) is 24.3 Å². The lowest BCUT2D eigenvalue weighted by Gasteiger charge is -2.28. The van der Waals surface area contributed by atoms with Crippen molar-refractivity contribution in [2.24, 2.45) is 0 Å². The smallest absolute Gasteiger partial charge is 0.252 e. The molecule has 0 saturated carbocycles. The molecule has 0 radical (unpaired) electrons. The first-order valence-corrected chi connectivity index (χ1v) is 7.68. The summed E-state index contributed by atoms with van der Waals surface area (Å²) >= 11 is 0. The van der Waals surface area contributed by atoms with Crippen LogP contribution in [0.25, 0.3) is 10.9 Å². The number of carbonyl (C=O) groups is 1. The van der Waals surface area contributed by atoms with Gasteiger partial charge in [-0.1, -0.05) is 18.2 Å². The number of pyridine rings is 1. The Morgan fingerprint density at radius 1 is 1.27 bits per heavy atom. The van der Waals surface area contributed by atoms with Gasteiger partial charge in [0.2, 0.25) is 0 Å². The van der Waals surface area contributed by atoms with Gasteiger partial charge < -0.3 is 15.0 Å². The number of hydrogen-bond donors (Lipinski definition) is 1. The number of morpholine rings is 1. The predicted octanol–water partition coefficient (Wildman–Crippen LogP) is 2.21. The summed E-state index contributed by atoms with van der Waals surface area (Å²) in [6.07, 6.45) is 0. The zero-order valence-electron chi connectivity index (χ0n) is 13.0. The molecule has 0 aliphatic carbocycles. The van der Waals surface area contributed by atoms with E-state index in [0.29, 0.717) is 18.8 Å². The molecule has 1 amide bonds. The van der Waals surface area contributed by atoms with Crippen molar-refractivity contribution in [3.05, 3.63) is 35.9 Å². The van der Waals surface area contributed by atoms with E-state index in [4.69, 9.17) is 9.72 Å². The highest BCUT2D eigenvalue weighted by Gasteiger charge is 2.18. The van der Waals surface area contributed by atoms with Gasteiger partial charge in [-0.15, -0.1) is 0 Å². The number of fused-ring (bicyclic) bond motifs is 1. The second kappa shape index (κ2) is 6.32. The monoisotopic (exact) mass is 299 g/mol. The van der Waals surface area contributed by atoms with Gasteiger partial charge in [-0.05, 0) is 26.0 Å². The lowest BCUT2D eigenvalue weighted by Crippen LogP contribution is -2.37. The SMILES string of the molecule is CC(C)NC(=O)c1cc(N2CCOCC2)nc2ccccc12. The number of rotatable bonds is 3. The fourth-order valence-corrected chi connectivity index (χ4v) is 2.64. The molecule has 0 atom stereocenters. The van der Waals surface area contributed by atoms with Crippen LogP contribution in [-0.4, -0.2) is 43.2 Å². The van der Waals surface area contributed by atoms with Crippen molar-refractivity contribution in [3.8, 4) is 0 Å². The Balaban J connectivity index is 2.05. The zero-order valence-corrected chi connectivity index (χ0v) is 13.0. The minimum Gasteiger partial charge on any atom is -0.378 e. The van der Waals surface area contributed by atoms with Gasteiger partial charge in [-0.25, -0.2) is 4.98 Å². The van der Waals surface area contributed by atoms with Gasteiger partial charge in [0, 0.05) is 24.5 Å². The maximum absolute atomic E-state index is 12.5. The van der Waals surface area contributed by atoms with E-state index in [1.54, 1.807) is 0 Å². The largest absolute Gasteiger partial charge is 0.378 e. The third-order valence-electron chi connectivity index (χ3n) is 3.70. The van der Waals surface area contributed by atoms with E-state index < -0.39 is 0 Å². The normalized spacial score (nSPS) is 15.3. The first-order valence-electron chi connectivity index (χ1n) is 7.68. The third kappa shape index (κ3) is 3.04. The molecule has 5 nitrogen and oxygen atoms in total. The Bertz CT molecular complexity index is 679. The molecule has 1 N–H and O–H groups in total. The Morgan fingerprint density at radius 2 is 2.00 bits per heavy atom. The molecule has 1 aromatic heterocycles. The standard InChI is InChI=1S/C17H21N3O2/c1-12(2)18-17(21)14-11-16(20-7-9-22-10-8-20)19-15-6-4-3-5-13(14)15/h3-6,11-12H,7-10H2,1-2H3,(H,18,21). The molecule has 2 aromatic rings. The summed E-state index contributed by atoms with van der Waals surface area (Å²) < 4.78 is 5.39. The van der Waals surface area contributed by atoms with Crippen molar-refractivity contribution in [1.82, 2.24) is 10.3 Å². The van der Waals surface area contributed by atoms with Gasteiger partial charge in [0.15, 0.2) is 0 Å². The number of aromatic nitrogens is 1. The van der Waals surface area contributed by atoms with E-state index in [1.807, 2.05) is 44.2 Å². The summed E-state index contributed by atoms with van der Waals surface area (Å²) in [5, 5.41) is 3.86. The van der Waals surface area contributed by atoms with Crippen molar-refractivity contribution in [3.63, 3.8) is 0 Å². The third-order valence-corrected chi connectivity index (χ3v) is 3.70. The Labute approximate surface area is 130 Å². The van der Waals surface area contributed by atoms with Crippen molar-refractivity contribution < 1.29 is 9.53 Å². The minimum absolute atomic E-state index is 0.0527. The minimum atomic E-state index is -0.0527. The lowest BCUT2D eigenvalue weighted by molar-refractivity contribution is 0.0944. The maximum Gasteiger partial charge on any atom is 0.252 e.